The molecule has 3 rings (SSSR count). The van der Waals surface area contributed by atoms with Gasteiger partial charge >= 0.3 is 35.7 Å². The van der Waals surface area contributed by atoms with Gasteiger partial charge in [0, 0.05) is 10.5 Å². The van der Waals surface area contributed by atoms with Crippen LogP contribution in [0.15, 0.2) is 66.1 Å². The summed E-state index contributed by atoms with van der Waals surface area (Å²) in [5.41, 5.74) is 1.73. The minimum Gasteiger partial charge on any atom is -0.768 e. The Morgan fingerprint density at radius 3 is 2.14 bits per heavy atom. The van der Waals surface area contributed by atoms with E-state index in [9.17, 15) is 21.9 Å². The molecule has 0 radical (unpaired) electrons. The van der Waals surface area contributed by atoms with E-state index in [4.69, 9.17) is 0 Å². The Hall–Kier alpha value is -1.71. The smallest absolute Gasteiger partial charge is 0.768 e. The molecule has 1 unspecified atom stereocenters. The second kappa shape index (κ2) is 8.75. The summed E-state index contributed by atoms with van der Waals surface area (Å²) >= 11 is -2.41. The molecule has 0 spiro atoms. The Morgan fingerprint density at radius 1 is 1.11 bits per heavy atom. The zero-order chi connectivity index (χ0) is 19.8. The van der Waals surface area contributed by atoms with Crippen LogP contribution in [0.2, 0.25) is 0 Å². The van der Waals surface area contributed by atoms with Crippen molar-refractivity contribution in [3.05, 3.63) is 72.4 Å². The summed E-state index contributed by atoms with van der Waals surface area (Å²) in [6, 6.07) is 13.3. The van der Waals surface area contributed by atoms with Gasteiger partial charge in [-0.2, -0.15) is 18.3 Å². The van der Waals surface area contributed by atoms with Gasteiger partial charge in [-0.3, -0.25) is 4.21 Å². The molecule has 0 aliphatic heterocycles. The van der Waals surface area contributed by atoms with Crippen LogP contribution in [-0.2, 0) is 17.3 Å². The fourth-order valence-corrected chi connectivity index (χ4v) is 2.90. The minimum absolute atomic E-state index is 0. The molecule has 1 heterocycles. The van der Waals surface area contributed by atoms with Crippen molar-refractivity contribution in [1.29, 1.82) is 0 Å². The van der Waals surface area contributed by atoms with Gasteiger partial charge in [-0.1, -0.05) is 36.4 Å². The van der Waals surface area contributed by atoms with E-state index < -0.39 is 23.0 Å². The molecule has 0 aliphatic carbocycles. The first kappa shape index (κ1) is 22.6. The number of halogens is 3. The Bertz CT molecular complexity index is 938. The molecule has 1 atom stereocenters. The molecular weight excluding hydrogens is 400 g/mol. The number of hydrogen-bond acceptors (Lipinski definition) is 3. The van der Waals surface area contributed by atoms with Gasteiger partial charge in [-0.15, -0.1) is 0 Å². The number of rotatable bonds is 4. The van der Waals surface area contributed by atoms with Crippen molar-refractivity contribution < 1.29 is 51.5 Å². The van der Waals surface area contributed by atoms with E-state index in [2.05, 4.69) is 11.7 Å². The summed E-state index contributed by atoms with van der Waals surface area (Å²) in [6.07, 6.45) is -4.60. The number of alkyl halides is 3. The van der Waals surface area contributed by atoms with Crippen LogP contribution in [0.5, 0.6) is 0 Å². The van der Waals surface area contributed by atoms with Crippen LogP contribution in [-0.4, -0.2) is 18.5 Å². The van der Waals surface area contributed by atoms with Gasteiger partial charge in [0.2, 0.25) is 0 Å². The first-order chi connectivity index (χ1) is 12.7. The summed E-state index contributed by atoms with van der Waals surface area (Å²) in [6.45, 7) is 5.66. The summed E-state index contributed by atoms with van der Waals surface area (Å²) in [4.78, 5) is 0.0478. The monoisotopic (exact) mass is 414 g/mol. The molecule has 0 aliphatic rings. The number of hydrogen-bond donors (Lipinski definition) is 0. The summed E-state index contributed by atoms with van der Waals surface area (Å²) in [5, 5.41) is 3.71. The van der Waals surface area contributed by atoms with E-state index in [0.29, 0.717) is 11.3 Å². The maximum absolute atomic E-state index is 13.2. The zero-order valence-corrected chi connectivity index (χ0v) is 18.0. The molecule has 0 saturated carbocycles. The van der Waals surface area contributed by atoms with Gasteiger partial charge < -0.3 is 4.55 Å². The first-order valence-electron chi connectivity index (χ1n) is 7.80. The predicted molar refractivity (Wildman–Crippen MR) is 95.9 cm³/mol. The summed E-state index contributed by atoms with van der Waals surface area (Å²) in [7, 11) is 0. The molecule has 28 heavy (non-hydrogen) atoms. The molecule has 0 amide bonds. The molecule has 4 nitrogen and oxygen atoms in total. The van der Waals surface area contributed by atoms with Gasteiger partial charge in [0.15, 0.2) is 5.69 Å². The molecule has 2 aromatic carbocycles. The topological polar surface area (TPSA) is 58.0 Å². The van der Waals surface area contributed by atoms with Gasteiger partial charge in [0.05, 0.1) is 11.4 Å². The average Bonchev–Trinajstić information content (AvgIpc) is 3.07. The van der Waals surface area contributed by atoms with Crippen LogP contribution < -0.4 is 29.6 Å². The van der Waals surface area contributed by atoms with E-state index in [0.717, 1.165) is 17.2 Å². The molecule has 0 bridgehead atoms. The molecule has 140 valence electrons. The van der Waals surface area contributed by atoms with Crippen LogP contribution in [0.3, 0.4) is 0 Å². The van der Waals surface area contributed by atoms with Crippen LogP contribution in [0.25, 0.3) is 22.5 Å². The van der Waals surface area contributed by atoms with Crippen molar-refractivity contribution in [2.45, 2.75) is 18.0 Å². The molecule has 0 N–H and O–H groups in total. The van der Waals surface area contributed by atoms with Crippen molar-refractivity contribution in [2.24, 2.45) is 0 Å². The Labute approximate surface area is 184 Å². The van der Waals surface area contributed by atoms with Crippen molar-refractivity contribution in [2.75, 3.05) is 0 Å². The normalized spacial score (nSPS) is 12.3. The van der Waals surface area contributed by atoms with E-state index in [1.165, 1.54) is 28.9 Å². The Balaban J connectivity index is 0.00000280. The van der Waals surface area contributed by atoms with Gasteiger partial charge in [-0.05, 0) is 53.9 Å². The maximum atomic E-state index is 13.2. The molecule has 0 saturated heterocycles. The molecular formula is C19H14F3N2NaO2S. The SMILES string of the molecule is C=C(C)c1ccc(-n2nc(C(F)(F)F)cc2-c2ccc(S(=O)[O-])cc2)cc1.[Na+]. The minimum atomic E-state index is -4.60. The second-order valence-electron chi connectivity index (χ2n) is 5.91. The van der Waals surface area contributed by atoms with E-state index >= 15 is 0 Å². The van der Waals surface area contributed by atoms with Crippen LogP contribution >= 0.6 is 0 Å². The fourth-order valence-electron chi connectivity index (χ4n) is 2.55. The molecule has 0 fully saturated rings. The van der Waals surface area contributed by atoms with Crippen molar-refractivity contribution in [3.8, 4) is 16.9 Å². The van der Waals surface area contributed by atoms with Crippen molar-refractivity contribution >= 4 is 16.7 Å². The van der Waals surface area contributed by atoms with Crippen LogP contribution in [0.4, 0.5) is 13.2 Å². The number of allylic oxidation sites excluding steroid dienone is 1. The number of aromatic nitrogens is 2. The van der Waals surface area contributed by atoms with Gasteiger partial charge in [0.1, 0.15) is 0 Å². The number of benzene rings is 2. The molecule has 3 aromatic rings. The average molecular weight is 414 g/mol. The standard InChI is InChI=1S/C19H15F3N2O2S.Na/c1-12(2)13-3-7-15(8-4-13)24-17(11-18(23-24)19(20,21)22)14-5-9-16(10-6-14)27(25)26;/h3-11H,1H2,2H3,(H,25,26);/q;+1/p-1. The summed E-state index contributed by atoms with van der Waals surface area (Å²) < 4.78 is 62.7. The van der Waals surface area contributed by atoms with E-state index in [1.54, 1.807) is 24.3 Å². The molecule has 9 heteroatoms. The maximum Gasteiger partial charge on any atom is 1.00 e. The van der Waals surface area contributed by atoms with E-state index in [-0.39, 0.29) is 40.1 Å². The quantitative estimate of drug-likeness (QED) is 0.484. The van der Waals surface area contributed by atoms with E-state index in [1.807, 2.05) is 6.92 Å². The second-order valence-corrected chi connectivity index (χ2v) is 6.85. The first-order valence-corrected chi connectivity index (χ1v) is 8.87. The zero-order valence-electron chi connectivity index (χ0n) is 15.2. The number of nitrogens with zero attached hydrogens (tertiary/aromatic N) is 2. The third-order valence-electron chi connectivity index (χ3n) is 3.95. The van der Waals surface area contributed by atoms with Gasteiger partial charge in [-0.25, -0.2) is 4.68 Å². The predicted octanol–water partition coefficient (Wildman–Crippen LogP) is 1.83. The van der Waals surface area contributed by atoms with Crippen LogP contribution in [0, 0.1) is 0 Å². The summed E-state index contributed by atoms with van der Waals surface area (Å²) in [5.74, 6) is 0. The van der Waals surface area contributed by atoms with Crippen molar-refractivity contribution in [3.63, 3.8) is 0 Å². The van der Waals surface area contributed by atoms with Gasteiger partial charge in [0.25, 0.3) is 0 Å². The largest absolute Gasteiger partial charge is 1.00 e. The Morgan fingerprint density at radius 2 is 1.68 bits per heavy atom. The Kier molecular flexibility index (Phi) is 7.06. The van der Waals surface area contributed by atoms with Crippen LogP contribution in [0.1, 0.15) is 18.2 Å². The molecule has 1 aromatic heterocycles. The third-order valence-corrected chi connectivity index (χ3v) is 4.60. The van der Waals surface area contributed by atoms with Crippen molar-refractivity contribution in [1.82, 2.24) is 9.78 Å². The third kappa shape index (κ3) is 4.82. The fraction of sp³-hybridized carbons (Fsp3) is 0.105.